The largest absolute Gasteiger partial charge is 0.326 e. The first-order valence-corrected chi connectivity index (χ1v) is 5.43. The van der Waals surface area contributed by atoms with E-state index in [1.54, 1.807) is 12.1 Å². The van der Waals surface area contributed by atoms with Gasteiger partial charge in [0.15, 0.2) is 0 Å². The van der Waals surface area contributed by atoms with Crippen LogP contribution in [0.1, 0.15) is 5.56 Å². The molecular formula is C13H10ClF2N. The third-order valence-corrected chi connectivity index (χ3v) is 2.82. The average molecular weight is 254 g/mol. The molecule has 0 atom stereocenters. The SMILES string of the molecule is NCc1cc(F)ccc1-c1ccc(F)cc1Cl. The summed E-state index contributed by atoms with van der Waals surface area (Å²) in [4.78, 5) is 0. The molecule has 1 nitrogen and oxygen atoms in total. The highest BCUT2D eigenvalue weighted by atomic mass is 35.5. The molecule has 88 valence electrons. The third-order valence-electron chi connectivity index (χ3n) is 2.51. The Morgan fingerprint density at radius 2 is 1.53 bits per heavy atom. The maximum Gasteiger partial charge on any atom is 0.124 e. The lowest BCUT2D eigenvalue weighted by atomic mass is 9.99. The van der Waals surface area contributed by atoms with Gasteiger partial charge in [-0.2, -0.15) is 0 Å². The van der Waals surface area contributed by atoms with Gasteiger partial charge in [0.25, 0.3) is 0 Å². The van der Waals surface area contributed by atoms with Gasteiger partial charge in [0.05, 0.1) is 5.02 Å². The standard InChI is InChI=1S/C13H10ClF2N/c14-13-6-10(16)2-4-12(13)11-3-1-9(15)5-8(11)7-17/h1-6H,7,17H2. The fraction of sp³-hybridized carbons (Fsp3) is 0.0769. The van der Waals surface area contributed by atoms with Gasteiger partial charge in [-0.3, -0.25) is 0 Å². The number of halogens is 3. The van der Waals surface area contributed by atoms with Gasteiger partial charge in [-0.15, -0.1) is 0 Å². The van der Waals surface area contributed by atoms with Crippen molar-refractivity contribution >= 4 is 11.6 Å². The zero-order valence-corrected chi connectivity index (χ0v) is 9.64. The van der Waals surface area contributed by atoms with Crippen molar-refractivity contribution in [3.05, 3.63) is 58.6 Å². The lowest BCUT2D eigenvalue weighted by Gasteiger charge is -2.10. The molecule has 17 heavy (non-hydrogen) atoms. The first-order chi connectivity index (χ1) is 8.11. The molecule has 0 aromatic heterocycles. The number of rotatable bonds is 2. The predicted octanol–water partition coefficient (Wildman–Crippen LogP) is 3.74. The minimum absolute atomic E-state index is 0.195. The highest BCUT2D eigenvalue weighted by Gasteiger charge is 2.09. The summed E-state index contributed by atoms with van der Waals surface area (Å²) in [5.41, 5.74) is 7.56. The number of nitrogens with two attached hydrogens (primary N) is 1. The van der Waals surface area contributed by atoms with Crippen LogP contribution in [0.4, 0.5) is 8.78 Å². The molecule has 2 rings (SSSR count). The van der Waals surface area contributed by atoms with Crippen molar-refractivity contribution in [3.63, 3.8) is 0 Å². The van der Waals surface area contributed by atoms with Gasteiger partial charge < -0.3 is 5.73 Å². The molecule has 0 radical (unpaired) electrons. The molecule has 2 aromatic rings. The van der Waals surface area contributed by atoms with Gasteiger partial charge in [-0.25, -0.2) is 8.78 Å². The molecule has 0 aliphatic carbocycles. The highest BCUT2D eigenvalue weighted by molar-refractivity contribution is 6.33. The normalized spacial score (nSPS) is 10.6. The van der Waals surface area contributed by atoms with E-state index in [-0.39, 0.29) is 17.4 Å². The smallest absolute Gasteiger partial charge is 0.124 e. The van der Waals surface area contributed by atoms with Crippen molar-refractivity contribution in [2.24, 2.45) is 5.73 Å². The van der Waals surface area contributed by atoms with Crippen molar-refractivity contribution < 1.29 is 8.78 Å². The summed E-state index contributed by atoms with van der Waals surface area (Å²) in [5, 5.41) is 0.284. The van der Waals surface area contributed by atoms with Crippen LogP contribution in [0.3, 0.4) is 0 Å². The quantitative estimate of drug-likeness (QED) is 0.867. The first-order valence-electron chi connectivity index (χ1n) is 5.05. The number of hydrogen-bond donors (Lipinski definition) is 1. The Morgan fingerprint density at radius 1 is 0.941 bits per heavy atom. The second-order valence-corrected chi connectivity index (χ2v) is 4.04. The molecule has 4 heteroatoms. The van der Waals surface area contributed by atoms with E-state index in [4.69, 9.17) is 17.3 Å². The Bertz CT molecular complexity index is 555. The number of hydrogen-bond acceptors (Lipinski definition) is 1. The van der Waals surface area contributed by atoms with Crippen LogP contribution in [0.15, 0.2) is 36.4 Å². The minimum Gasteiger partial charge on any atom is -0.326 e. The second-order valence-electron chi connectivity index (χ2n) is 3.63. The van der Waals surface area contributed by atoms with Crippen LogP contribution < -0.4 is 5.73 Å². The van der Waals surface area contributed by atoms with E-state index >= 15 is 0 Å². The monoisotopic (exact) mass is 253 g/mol. The molecule has 2 N–H and O–H groups in total. The van der Waals surface area contributed by atoms with Gasteiger partial charge in [0, 0.05) is 12.1 Å². The first kappa shape index (κ1) is 12.0. The molecule has 0 bridgehead atoms. The highest BCUT2D eigenvalue weighted by Crippen LogP contribution is 2.31. The maximum atomic E-state index is 13.1. The summed E-state index contributed by atoms with van der Waals surface area (Å²) in [6.07, 6.45) is 0. The minimum atomic E-state index is -0.407. The third kappa shape index (κ3) is 2.46. The molecule has 0 aliphatic heterocycles. The van der Waals surface area contributed by atoms with Crippen molar-refractivity contribution in [2.75, 3.05) is 0 Å². The van der Waals surface area contributed by atoms with Gasteiger partial charge in [-0.1, -0.05) is 17.7 Å². The molecule has 0 unspecified atom stereocenters. The van der Waals surface area contributed by atoms with E-state index in [9.17, 15) is 8.78 Å². The van der Waals surface area contributed by atoms with Crippen LogP contribution in [-0.2, 0) is 6.54 Å². The average Bonchev–Trinajstić information content (AvgIpc) is 2.30. The van der Waals surface area contributed by atoms with Crippen molar-refractivity contribution in [3.8, 4) is 11.1 Å². The topological polar surface area (TPSA) is 26.0 Å². The molecule has 0 spiro atoms. The van der Waals surface area contributed by atoms with Crippen molar-refractivity contribution in [1.82, 2.24) is 0 Å². The molecular weight excluding hydrogens is 244 g/mol. The Kier molecular flexibility index (Phi) is 3.41. The lowest BCUT2D eigenvalue weighted by Crippen LogP contribution is -2.00. The predicted molar refractivity (Wildman–Crippen MR) is 64.7 cm³/mol. The fourth-order valence-corrected chi connectivity index (χ4v) is 1.97. The molecule has 0 heterocycles. The zero-order chi connectivity index (χ0) is 12.4. The zero-order valence-electron chi connectivity index (χ0n) is 8.88. The fourth-order valence-electron chi connectivity index (χ4n) is 1.70. The number of benzene rings is 2. The summed E-state index contributed by atoms with van der Waals surface area (Å²) in [7, 11) is 0. The van der Waals surface area contributed by atoms with Gasteiger partial charge in [-0.05, 0) is 41.5 Å². The Hall–Kier alpha value is -1.45. The summed E-state index contributed by atoms with van der Waals surface area (Å²) in [6, 6.07) is 8.37. The van der Waals surface area contributed by atoms with Crippen LogP contribution in [0, 0.1) is 11.6 Å². The summed E-state index contributed by atoms with van der Waals surface area (Å²) in [5.74, 6) is -0.761. The van der Waals surface area contributed by atoms with Crippen LogP contribution in [-0.4, -0.2) is 0 Å². The van der Waals surface area contributed by atoms with Crippen LogP contribution in [0.5, 0.6) is 0 Å². The molecule has 0 saturated heterocycles. The molecule has 0 amide bonds. The lowest BCUT2D eigenvalue weighted by molar-refractivity contribution is 0.625. The van der Waals surface area contributed by atoms with E-state index in [0.29, 0.717) is 11.1 Å². The van der Waals surface area contributed by atoms with Gasteiger partial charge in [0.2, 0.25) is 0 Å². The summed E-state index contributed by atoms with van der Waals surface area (Å²) < 4.78 is 26.0. The second kappa shape index (κ2) is 4.82. The van der Waals surface area contributed by atoms with Crippen LogP contribution in [0.2, 0.25) is 5.02 Å². The van der Waals surface area contributed by atoms with E-state index in [0.717, 1.165) is 5.56 Å². The molecule has 0 saturated carbocycles. The van der Waals surface area contributed by atoms with Crippen molar-refractivity contribution in [1.29, 1.82) is 0 Å². The van der Waals surface area contributed by atoms with E-state index in [1.165, 1.54) is 24.3 Å². The van der Waals surface area contributed by atoms with Gasteiger partial charge >= 0.3 is 0 Å². The van der Waals surface area contributed by atoms with Gasteiger partial charge in [0.1, 0.15) is 11.6 Å². The summed E-state index contributed by atoms with van der Waals surface area (Å²) >= 11 is 5.96. The Balaban J connectivity index is 2.60. The van der Waals surface area contributed by atoms with Crippen LogP contribution >= 0.6 is 11.6 Å². The maximum absolute atomic E-state index is 13.1. The van der Waals surface area contributed by atoms with E-state index in [2.05, 4.69) is 0 Å². The molecule has 0 fully saturated rings. The van der Waals surface area contributed by atoms with Crippen molar-refractivity contribution in [2.45, 2.75) is 6.54 Å². The Morgan fingerprint density at radius 3 is 2.12 bits per heavy atom. The molecule has 0 aliphatic rings. The molecule has 2 aromatic carbocycles. The van der Waals surface area contributed by atoms with Crippen LogP contribution in [0.25, 0.3) is 11.1 Å². The van der Waals surface area contributed by atoms with E-state index < -0.39 is 5.82 Å². The summed E-state index contributed by atoms with van der Waals surface area (Å²) in [6.45, 7) is 0.195. The van der Waals surface area contributed by atoms with E-state index in [1.807, 2.05) is 0 Å². The Labute approximate surface area is 103 Å².